The van der Waals surface area contributed by atoms with Crippen LogP contribution in [0.3, 0.4) is 0 Å². The third kappa shape index (κ3) is 3.71. The van der Waals surface area contributed by atoms with E-state index in [9.17, 15) is 4.79 Å². The van der Waals surface area contributed by atoms with Crippen LogP contribution in [0.2, 0.25) is 10.0 Å². The van der Waals surface area contributed by atoms with Crippen molar-refractivity contribution in [3.05, 3.63) is 58.2 Å². The molecule has 2 heterocycles. The highest BCUT2D eigenvalue weighted by molar-refractivity contribution is 7.99. The Balaban J connectivity index is 1.62. The molecule has 1 aromatic heterocycles. The van der Waals surface area contributed by atoms with Crippen molar-refractivity contribution in [2.24, 2.45) is 0 Å². The molecule has 7 heteroatoms. The highest BCUT2D eigenvalue weighted by atomic mass is 35.5. The fourth-order valence-corrected chi connectivity index (χ4v) is 4.46. The average molecular weight is 406 g/mol. The van der Waals surface area contributed by atoms with Crippen LogP contribution in [0.1, 0.15) is 10.5 Å². The number of nitrogens with zero attached hydrogens (tertiary/aromatic N) is 1. The molecule has 4 nitrogen and oxygen atoms in total. The number of amides is 1. The first-order valence-electron chi connectivity index (χ1n) is 8.23. The molecule has 0 saturated carbocycles. The maximum atomic E-state index is 12.5. The summed E-state index contributed by atoms with van der Waals surface area (Å²) < 4.78 is 0. The van der Waals surface area contributed by atoms with E-state index in [2.05, 4.69) is 15.2 Å². The van der Waals surface area contributed by atoms with Crippen LogP contribution in [0, 0.1) is 0 Å². The Bertz CT molecular complexity index is 965. The van der Waals surface area contributed by atoms with Gasteiger partial charge in [0.1, 0.15) is 5.69 Å². The molecule has 0 atom stereocenters. The number of rotatable bonds is 4. The zero-order valence-electron chi connectivity index (χ0n) is 14.1. The van der Waals surface area contributed by atoms with Gasteiger partial charge >= 0.3 is 0 Å². The van der Waals surface area contributed by atoms with E-state index in [1.807, 2.05) is 49.5 Å². The molecule has 26 heavy (non-hydrogen) atoms. The lowest BCUT2D eigenvalue weighted by Crippen LogP contribution is -2.57. The molecule has 1 saturated heterocycles. The number of aromatic nitrogens is 1. The monoisotopic (exact) mass is 405 g/mol. The third-order valence-electron chi connectivity index (χ3n) is 4.35. The van der Waals surface area contributed by atoms with Gasteiger partial charge in [-0.1, -0.05) is 35.0 Å². The zero-order chi connectivity index (χ0) is 18.3. The molecule has 3 aromatic rings. The first-order chi connectivity index (χ1) is 12.5. The molecule has 0 bridgehead atoms. The van der Waals surface area contributed by atoms with E-state index >= 15 is 0 Å². The minimum Gasteiger partial charge on any atom is -0.350 e. The second-order valence-electron chi connectivity index (χ2n) is 6.50. The largest absolute Gasteiger partial charge is 0.350 e. The maximum absolute atomic E-state index is 12.5. The summed E-state index contributed by atoms with van der Waals surface area (Å²) in [5, 5.41) is 5.35. The van der Waals surface area contributed by atoms with Gasteiger partial charge in [-0.25, -0.2) is 0 Å². The fraction of sp³-hybridized carbons (Fsp3) is 0.211. The summed E-state index contributed by atoms with van der Waals surface area (Å²) in [4.78, 5) is 19.9. The van der Waals surface area contributed by atoms with E-state index in [-0.39, 0.29) is 11.9 Å². The van der Waals surface area contributed by atoms with Crippen molar-refractivity contribution in [2.75, 3.05) is 20.1 Å². The molecule has 0 unspecified atom stereocenters. The lowest BCUT2D eigenvalue weighted by Gasteiger charge is -2.36. The Morgan fingerprint density at radius 2 is 1.88 bits per heavy atom. The van der Waals surface area contributed by atoms with Crippen molar-refractivity contribution < 1.29 is 4.79 Å². The second-order valence-corrected chi connectivity index (χ2v) is 8.48. The lowest BCUT2D eigenvalue weighted by molar-refractivity contribution is 0.0853. The Hall–Kier alpha value is -1.66. The zero-order valence-corrected chi connectivity index (χ0v) is 16.4. The van der Waals surface area contributed by atoms with Gasteiger partial charge in [0.25, 0.3) is 5.91 Å². The number of carbonyl (C=O) groups excluding carboxylic acids is 1. The summed E-state index contributed by atoms with van der Waals surface area (Å²) in [5.74, 6) is -0.0853. The molecule has 1 fully saturated rings. The van der Waals surface area contributed by atoms with Crippen molar-refractivity contribution in [1.82, 2.24) is 15.2 Å². The van der Waals surface area contributed by atoms with Crippen molar-refractivity contribution in [1.29, 1.82) is 0 Å². The molecule has 1 aliphatic rings. The van der Waals surface area contributed by atoms with Gasteiger partial charge in [-0.05, 0) is 49.5 Å². The van der Waals surface area contributed by atoms with E-state index < -0.39 is 0 Å². The summed E-state index contributed by atoms with van der Waals surface area (Å²) >= 11 is 13.8. The van der Waals surface area contributed by atoms with E-state index in [4.69, 9.17) is 23.2 Å². The Morgan fingerprint density at radius 1 is 1.15 bits per heavy atom. The number of hydrogen-bond donors (Lipinski definition) is 2. The van der Waals surface area contributed by atoms with Gasteiger partial charge in [0, 0.05) is 43.8 Å². The number of carbonyl (C=O) groups is 1. The number of benzene rings is 2. The number of nitrogens with one attached hydrogen (secondary N) is 2. The van der Waals surface area contributed by atoms with Crippen LogP contribution < -0.4 is 5.32 Å². The van der Waals surface area contributed by atoms with Crippen LogP contribution >= 0.6 is 35.0 Å². The lowest BCUT2D eigenvalue weighted by atomic mass is 10.1. The van der Waals surface area contributed by atoms with E-state index in [1.54, 1.807) is 11.8 Å². The van der Waals surface area contributed by atoms with Crippen molar-refractivity contribution in [3.63, 3.8) is 0 Å². The minimum absolute atomic E-state index is 0.0853. The highest BCUT2D eigenvalue weighted by Gasteiger charge is 2.25. The number of H-pyrrole nitrogens is 1. The van der Waals surface area contributed by atoms with Crippen molar-refractivity contribution >= 4 is 51.8 Å². The molecule has 1 amide bonds. The van der Waals surface area contributed by atoms with E-state index in [0.717, 1.165) is 33.8 Å². The Kier molecular flexibility index (Phi) is 4.88. The summed E-state index contributed by atoms with van der Waals surface area (Å²) in [6, 6.07) is 13.5. The molecule has 134 valence electrons. The van der Waals surface area contributed by atoms with Gasteiger partial charge in [-0.3, -0.25) is 4.79 Å². The molecular formula is C19H17Cl2N3OS. The number of halogens is 2. The summed E-state index contributed by atoms with van der Waals surface area (Å²) in [6.07, 6.45) is 0. The van der Waals surface area contributed by atoms with E-state index in [1.165, 1.54) is 0 Å². The smallest absolute Gasteiger partial charge is 0.268 e. The topological polar surface area (TPSA) is 48.1 Å². The van der Waals surface area contributed by atoms with E-state index in [0.29, 0.717) is 15.7 Å². The highest BCUT2D eigenvalue weighted by Crippen LogP contribution is 2.36. The number of hydrogen-bond acceptors (Lipinski definition) is 3. The third-order valence-corrected chi connectivity index (χ3v) is 5.89. The van der Waals surface area contributed by atoms with Crippen LogP contribution in [0.15, 0.2) is 52.3 Å². The standard InChI is InChI=1S/C19H17Cl2N3OS/c1-24-9-13(10-24)22-19(25)17-8-15-16(23-17)6-12(21)7-18(15)26-14-4-2-11(20)3-5-14/h2-8,13,23H,9-10H2,1H3,(H,22,25). The van der Waals surface area contributed by atoms with Gasteiger partial charge < -0.3 is 15.2 Å². The molecule has 1 aliphatic heterocycles. The maximum Gasteiger partial charge on any atom is 0.268 e. The number of aromatic amines is 1. The van der Waals surface area contributed by atoms with Gasteiger partial charge in [0.2, 0.25) is 0 Å². The van der Waals surface area contributed by atoms with Crippen molar-refractivity contribution in [2.45, 2.75) is 15.8 Å². The number of likely N-dealkylation sites (tertiary alicyclic amines) is 1. The Morgan fingerprint density at radius 3 is 2.58 bits per heavy atom. The minimum atomic E-state index is -0.0853. The van der Waals surface area contributed by atoms with Gasteiger partial charge in [-0.2, -0.15) is 0 Å². The molecule has 0 radical (unpaired) electrons. The fourth-order valence-electron chi connectivity index (χ4n) is 3.06. The molecule has 4 rings (SSSR count). The average Bonchev–Trinajstić information content (AvgIpc) is 2.99. The van der Waals surface area contributed by atoms with Gasteiger partial charge in [0.05, 0.1) is 6.04 Å². The Labute approximate surface area is 165 Å². The molecule has 2 aromatic carbocycles. The van der Waals surface area contributed by atoms with Crippen LogP contribution in [0.4, 0.5) is 0 Å². The molecule has 0 aliphatic carbocycles. The van der Waals surface area contributed by atoms with Crippen LogP contribution in [0.5, 0.6) is 0 Å². The van der Waals surface area contributed by atoms with Gasteiger partial charge in [-0.15, -0.1) is 0 Å². The predicted molar refractivity (Wildman–Crippen MR) is 108 cm³/mol. The SMILES string of the molecule is CN1CC(NC(=O)c2cc3c(Sc4ccc(Cl)cc4)cc(Cl)cc3[nH]2)C1. The van der Waals surface area contributed by atoms with Crippen LogP contribution in [0.25, 0.3) is 10.9 Å². The molecular weight excluding hydrogens is 389 g/mol. The predicted octanol–water partition coefficient (Wildman–Crippen LogP) is 4.67. The van der Waals surface area contributed by atoms with Crippen molar-refractivity contribution in [3.8, 4) is 0 Å². The number of likely N-dealkylation sites (N-methyl/N-ethyl adjacent to an activating group) is 1. The molecule has 0 spiro atoms. The normalized spacial score (nSPS) is 15.2. The first-order valence-corrected chi connectivity index (χ1v) is 9.80. The van der Waals surface area contributed by atoms with Crippen LogP contribution in [-0.2, 0) is 0 Å². The quantitative estimate of drug-likeness (QED) is 0.662. The summed E-state index contributed by atoms with van der Waals surface area (Å²) in [6.45, 7) is 1.77. The summed E-state index contributed by atoms with van der Waals surface area (Å²) in [7, 11) is 2.04. The number of fused-ring (bicyclic) bond motifs is 1. The van der Waals surface area contributed by atoms with Gasteiger partial charge in [0.15, 0.2) is 0 Å². The molecule has 2 N–H and O–H groups in total. The van der Waals surface area contributed by atoms with Crippen LogP contribution in [-0.4, -0.2) is 42.0 Å². The first kappa shape index (κ1) is 17.7. The summed E-state index contributed by atoms with van der Waals surface area (Å²) in [5.41, 5.74) is 1.40. The second kappa shape index (κ2) is 7.16.